The first-order chi connectivity index (χ1) is 12.4. The minimum absolute atomic E-state index is 0.0540. The summed E-state index contributed by atoms with van der Waals surface area (Å²) in [6.07, 6.45) is -0.311. The average Bonchev–Trinajstić information content (AvgIpc) is 2.68. The van der Waals surface area contributed by atoms with Crippen LogP contribution in [0.2, 0.25) is 0 Å². The van der Waals surface area contributed by atoms with Crippen molar-refractivity contribution in [2.24, 2.45) is 0 Å². The highest BCUT2D eigenvalue weighted by Crippen LogP contribution is 2.28. The molecule has 136 valence electrons. The molecule has 0 aliphatic carbocycles. The van der Waals surface area contributed by atoms with E-state index in [9.17, 15) is 13.7 Å². The van der Waals surface area contributed by atoms with Crippen molar-refractivity contribution in [3.8, 4) is 6.07 Å². The molecule has 1 atom stereocenters. The Hall–Kier alpha value is -2.20. The first-order valence-corrected chi connectivity index (χ1v) is 10.1. The van der Waals surface area contributed by atoms with Crippen LogP contribution in [-0.2, 0) is 14.8 Å². The fourth-order valence-corrected chi connectivity index (χ4v) is 4.63. The fourth-order valence-electron chi connectivity index (χ4n) is 3.06. The average molecular weight is 370 g/mol. The van der Waals surface area contributed by atoms with Gasteiger partial charge in [0.2, 0.25) is 10.0 Å². The van der Waals surface area contributed by atoms with Gasteiger partial charge in [-0.1, -0.05) is 50.2 Å². The molecule has 2 aromatic rings. The van der Waals surface area contributed by atoms with E-state index < -0.39 is 10.0 Å². The van der Waals surface area contributed by atoms with Gasteiger partial charge in [0.25, 0.3) is 0 Å². The molecule has 1 heterocycles. The van der Waals surface area contributed by atoms with Gasteiger partial charge in [0, 0.05) is 13.1 Å². The van der Waals surface area contributed by atoms with E-state index >= 15 is 0 Å². The number of ether oxygens (including phenoxy) is 1. The zero-order valence-electron chi connectivity index (χ0n) is 14.9. The van der Waals surface area contributed by atoms with Crippen molar-refractivity contribution >= 4 is 10.0 Å². The number of morpholine rings is 1. The molecule has 1 unspecified atom stereocenters. The number of hydrogen-bond acceptors (Lipinski definition) is 4. The molecule has 1 fully saturated rings. The summed E-state index contributed by atoms with van der Waals surface area (Å²) < 4.78 is 33.2. The third kappa shape index (κ3) is 3.65. The fraction of sp³-hybridized carbons (Fsp3) is 0.350. The lowest BCUT2D eigenvalue weighted by Crippen LogP contribution is -2.42. The maximum atomic E-state index is 13.0. The van der Waals surface area contributed by atoms with E-state index in [1.165, 1.54) is 22.0 Å². The maximum Gasteiger partial charge on any atom is 0.244 e. The van der Waals surface area contributed by atoms with E-state index in [0.29, 0.717) is 12.5 Å². The predicted molar refractivity (Wildman–Crippen MR) is 99.1 cm³/mol. The lowest BCUT2D eigenvalue weighted by Gasteiger charge is -2.32. The normalized spacial score (nSPS) is 18.6. The maximum absolute atomic E-state index is 13.0. The molecular weight excluding hydrogens is 348 g/mol. The molecule has 0 amide bonds. The van der Waals surface area contributed by atoms with E-state index in [0.717, 1.165) is 5.56 Å². The predicted octanol–water partition coefficient (Wildman–Crippen LogP) is 3.44. The van der Waals surface area contributed by atoms with E-state index in [4.69, 9.17) is 4.74 Å². The molecule has 5 nitrogen and oxygen atoms in total. The van der Waals surface area contributed by atoms with Crippen LogP contribution in [0, 0.1) is 11.3 Å². The van der Waals surface area contributed by atoms with Crippen LogP contribution in [0.3, 0.4) is 0 Å². The minimum Gasteiger partial charge on any atom is -0.371 e. The zero-order chi connectivity index (χ0) is 18.7. The Morgan fingerprint density at radius 1 is 1.15 bits per heavy atom. The van der Waals surface area contributed by atoms with Gasteiger partial charge in [-0.3, -0.25) is 0 Å². The van der Waals surface area contributed by atoms with E-state index in [2.05, 4.69) is 26.0 Å². The Labute approximate surface area is 154 Å². The number of nitrogens with zero attached hydrogens (tertiary/aromatic N) is 2. The Kier molecular flexibility index (Phi) is 5.42. The molecule has 2 aromatic carbocycles. The van der Waals surface area contributed by atoms with E-state index in [1.54, 1.807) is 12.1 Å². The molecule has 26 heavy (non-hydrogen) atoms. The van der Waals surface area contributed by atoms with Crippen molar-refractivity contribution in [1.29, 1.82) is 5.26 Å². The summed E-state index contributed by atoms with van der Waals surface area (Å²) >= 11 is 0. The number of rotatable bonds is 4. The highest BCUT2D eigenvalue weighted by atomic mass is 32.2. The van der Waals surface area contributed by atoms with Gasteiger partial charge in [-0.15, -0.1) is 0 Å². The van der Waals surface area contributed by atoms with Gasteiger partial charge < -0.3 is 4.74 Å². The van der Waals surface area contributed by atoms with Gasteiger partial charge in [-0.05, 0) is 29.2 Å². The molecule has 1 saturated heterocycles. The van der Waals surface area contributed by atoms with Crippen LogP contribution in [0.5, 0.6) is 0 Å². The van der Waals surface area contributed by atoms with Crippen molar-refractivity contribution in [2.75, 3.05) is 19.7 Å². The summed E-state index contributed by atoms with van der Waals surface area (Å²) in [4.78, 5) is 0.0540. The first-order valence-electron chi connectivity index (χ1n) is 8.64. The van der Waals surface area contributed by atoms with Crippen molar-refractivity contribution in [3.63, 3.8) is 0 Å². The molecule has 0 spiro atoms. The Morgan fingerprint density at radius 3 is 2.50 bits per heavy atom. The highest BCUT2D eigenvalue weighted by molar-refractivity contribution is 7.89. The molecule has 0 N–H and O–H groups in total. The van der Waals surface area contributed by atoms with Crippen LogP contribution < -0.4 is 0 Å². The molecule has 1 aliphatic heterocycles. The van der Waals surface area contributed by atoms with Crippen molar-refractivity contribution in [2.45, 2.75) is 30.8 Å². The Bertz CT molecular complexity index is 915. The number of benzene rings is 2. The lowest BCUT2D eigenvalue weighted by molar-refractivity contribution is -0.00256. The molecular formula is C20H22N2O3S. The molecule has 0 bridgehead atoms. The van der Waals surface area contributed by atoms with Crippen LogP contribution in [0.25, 0.3) is 0 Å². The molecule has 0 aromatic heterocycles. The van der Waals surface area contributed by atoms with Gasteiger partial charge in [0.1, 0.15) is 6.07 Å². The number of nitriles is 1. The molecule has 6 heteroatoms. The third-order valence-corrected chi connectivity index (χ3v) is 6.55. The van der Waals surface area contributed by atoms with E-state index in [1.807, 2.05) is 18.2 Å². The summed E-state index contributed by atoms with van der Waals surface area (Å²) in [7, 11) is -3.74. The van der Waals surface area contributed by atoms with Gasteiger partial charge in [-0.25, -0.2) is 8.42 Å². The summed E-state index contributed by atoms with van der Waals surface area (Å²) in [5, 5.41) is 9.22. The van der Waals surface area contributed by atoms with Gasteiger partial charge in [0.05, 0.1) is 23.2 Å². The summed E-state index contributed by atoms with van der Waals surface area (Å²) in [5.74, 6) is 0.440. The topological polar surface area (TPSA) is 70.4 Å². The SMILES string of the molecule is CC(C)c1ccc(C2CN(S(=O)(=O)c3ccccc3C#N)CCO2)cc1. The minimum atomic E-state index is -3.74. The molecule has 0 radical (unpaired) electrons. The van der Waals surface area contributed by atoms with Crippen molar-refractivity contribution in [1.82, 2.24) is 4.31 Å². The van der Waals surface area contributed by atoms with Crippen LogP contribution in [0.1, 0.15) is 42.6 Å². The van der Waals surface area contributed by atoms with Crippen LogP contribution >= 0.6 is 0 Å². The number of hydrogen-bond donors (Lipinski definition) is 0. The zero-order valence-corrected chi connectivity index (χ0v) is 15.7. The Morgan fingerprint density at radius 2 is 1.85 bits per heavy atom. The lowest BCUT2D eigenvalue weighted by atomic mass is 10.00. The quantitative estimate of drug-likeness (QED) is 0.826. The van der Waals surface area contributed by atoms with Crippen molar-refractivity contribution in [3.05, 3.63) is 65.2 Å². The second-order valence-electron chi connectivity index (χ2n) is 6.65. The second-order valence-corrected chi connectivity index (χ2v) is 8.56. The van der Waals surface area contributed by atoms with Gasteiger partial charge >= 0.3 is 0 Å². The van der Waals surface area contributed by atoms with E-state index in [-0.39, 0.29) is 29.7 Å². The largest absolute Gasteiger partial charge is 0.371 e. The van der Waals surface area contributed by atoms with Crippen molar-refractivity contribution < 1.29 is 13.2 Å². The summed E-state index contributed by atoms with van der Waals surface area (Å²) in [5.41, 5.74) is 2.36. The molecule has 1 aliphatic rings. The second kappa shape index (κ2) is 7.58. The van der Waals surface area contributed by atoms with Crippen LogP contribution in [0.15, 0.2) is 53.4 Å². The smallest absolute Gasteiger partial charge is 0.244 e. The summed E-state index contributed by atoms with van der Waals surface area (Å²) in [6.45, 7) is 5.11. The summed E-state index contributed by atoms with van der Waals surface area (Å²) in [6, 6.07) is 16.4. The van der Waals surface area contributed by atoms with Crippen LogP contribution in [0.4, 0.5) is 0 Å². The van der Waals surface area contributed by atoms with Gasteiger partial charge in [-0.2, -0.15) is 9.57 Å². The monoisotopic (exact) mass is 370 g/mol. The standard InChI is InChI=1S/C20H22N2O3S/c1-15(2)16-7-9-17(10-8-16)19-14-22(11-12-25-19)26(23,24)20-6-4-3-5-18(20)13-21/h3-10,15,19H,11-12,14H2,1-2H3. The third-order valence-electron chi connectivity index (χ3n) is 4.63. The van der Waals surface area contributed by atoms with Crippen LogP contribution in [-0.4, -0.2) is 32.4 Å². The first kappa shape index (κ1) is 18.6. The molecule has 3 rings (SSSR count). The van der Waals surface area contributed by atoms with Gasteiger partial charge in [0.15, 0.2) is 0 Å². The molecule has 0 saturated carbocycles. The Balaban J connectivity index is 1.85. The number of sulfonamides is 1. The highest BCUT2D eigenvalue weighted by Gasteiger charge is 2.32.